The Morgan fingerprint density at radius 3 is 2.54 bits per heavy atom. The van der Waals surface area contributed by atoms with Gasteiger partial charge in [0, 0.05) is 13.1 Å². The molecular formula is C15H19N3O6. The molecule has 1 aromatic heterocycles. The van der Waals surface area contributed by atoms with Gasteiger partial charge in [-0.1, -0.05) is 0 Å². The van der Waals surface area contributed by atoms with Crippen LogP contribution in [0.4, 0.5) is 4.79 Å². The molecule has 0 spiro atoms. The first-order valence-corrected chi connectivity index (χ1v) is 7.52. The lowest BCUT2D eigenvalue weighted by atomic mass is 9.97. The zero-order valence-electron chi connectivity index (χ0n) is 13.2. The van der Waals surface area contributed by atoms with E-state index >= 15 is 0 Å². The number of piperidine rings is 1. The van der Waals surface area contributed by atoms with Crippen LogP contribution in [0.5, 0.6) is 0 Å². The van der Waals surface area contributed by atoms with Crippen LogP contribution in [0.1, 0.15) is 30.3 Å². The number of nitrogens with zero attached hydrogens (tertiary/aromatic N) is 1. The van der Waals surface area contributed by atoms with Crippen molar-refractivity contribution in [2.75, 3.05) is 13.1 Å². The third-order valence-corrected chi connectivity index (χ3v) is 3.76. The van der Waals surface area contributed by atoms with Crippen LogP contribution in [0.15, 0.2) is 22.8 Å². The van der Waals surface area contributed by atoms with Gasteiger partial charge in [-0.2, -0.15) is 0 Å². The average Bonchev–Trinajstić information content (AvgIpc) is 3.08. The Kier molecular flexibility index (Phi) is 5.56. The Bertz CT molecular complexity index is 619. The van der Waals surface area contributed by atoms with Crippen LogP contribution in [-0.2, 0) is 14.3 Å². The molecule has 1 fully saturated rings. The Morgan fingerprint density at radius 2 is 2.00 bits per heavy atom. The van der Waals surface area contributed by atoms with E-state index in [2.05, 4.69) is 0 Å². The van der Waals surface area contributed by atoms with Gasteiger partial charge in [-0.3, -0.25) is 19.7 Å². The Balaban J connectivity index is 1.81. The molecule has 24 heavy (non-hydrogen) atoms. The van der Waals surface area contributed by atoms with E-state index in [1.54, 1.807) is 17.0 Å². The quantitative estimate of drug-likeness (QED) is 0.757. The van der Waals surface area contributed by atoms with Crippen LogP contribution in [0, 0.1) is 5.92 Å². The van der Waals surface area contributed by atoms with Crippen molar-refractivity contribution in [2.24, 2.45) is 11.7 Å². The van der Waals surface area contributed by atoms with Gasteiger partial charge < -0.3 is 19.8 Å². The molecule has 0 aliphatic carbocycles. The van der Waals surface area contributed by atoms with Crippen molar-refractivity contribution in [3.63, 3.8) is 0 Å². The molecule has 1 aromatic rings. The fourth-order valence-corrected chi connectivity index (χ4v) is 2.42. The molecule has 2 rings (SSSR count). The van der Waals surface area contributed by atoms with E-state index in [1.807, 2.05) is 5.32 Å². The predicted molar refractivity (Wildman–Crippen MR) is 80.6 cm³/mol. The fraction of sp³-hybridized carbons (Fsp3) is 0.467. The summed E-state index contributed by atoms with van der Waals surface area (Å²) in [6, 6.07) is 2.21. The first-order valence-electron chi connectivity index (χ1n) is 7.52. The van der Waals surface area contributed by atoms with Crippen LogP contribution in [-0.4, -0.2) is 47.9 Å². The van der Waals surface area contributed by atoms with Gasteiger partial charge in [0.05, 0.1) is 12.2 Å². The smallest absolute Gasteiger partial charge is 0.318 e. The SMILES string of the molecule is CC(OC(=O)C1CCN(C(=O)c2ccco2)CC1)C(=O)NC(N)=O. The number of amides is 4. The van der Waals surface area contributed by atoms with Gasteiger partial charge in [-0.15, -0.1) is 0 Å². The van der Waals surface area contributed by atoms with Gasteiger partial charge in [-0.05, 0) is 31.9 Å². The van der Waals surface area contributed by atoms with Crippen molar-refractivity contribution in [2.45, 2.75) is 25.9 Å². The van der Waals surface area contributed by atoms with E-state index in [0.717, 1.165) is 0 Å². The lowest BCUT2D eigenvalue weighted by Crippen LogP contribution is -2.44. The zero-order chi connectivity index (χ0) is 17.7. The van der Waals surface area contributed by atoms with Gasteiger partial charge in [-0.25, -0.2) is 4.79 Å². The largest absolute Gasteiger partial charge is 0.459 e. The Labute approximate surface area is 138 Å². The molecule has 1 atom stereocenters. The summed E-state index contributed by atoms with van der Waals surface area (Å²) in [5.41, 5.74) is 4.83. The number of esters is 1. The lowest BCUT2D eigenvalue weighted by molar-refractivity contribution is -0.159. The number of nitrogens with one attached hydrogen (secondary N) is 1. The maximum Gasteiger partial charge on any atom is 0.318 e. The van der Waals surface area contributed by atoms with Gasteiger partial charge in [0.15, 0.2) is 11.9 Å². The zero-order valence-corrected chi connectivity index (χ0v) is 13.2. The third-order valence-electron chi connectivity index (χ3n) is 3.76. The number of hydrogen-bond donors (Lipinski definition) is 2. The molecule has 0 aromatic carbocycles. The second kappa shape index (κ2) is 7.62. The molecule has 1 aliphatic heterocycles. The highest BCUT2D eigenvalue weighted by Crippen LogP contribution is 2.21. The highest BCUT2D eigenvalue weighted by Gasteiger charge is 2.31. The monoisotopic (exact) mass is 337 g/mol. The van der Waals surface area contributed by atoms with Gasteiger partial charge in [0.2, 0.25) is 0 Å². The Morgan fingerprint density at radius 1 is 1.33 bits per heavy atom. The average molecular weight is 337 g/mol. The number of hydrogen-bond acceptors (Lipinski definition) is 6. The minimum Gasteiger partial charge on any atom is -0.459 e. The van der Waals surface area contributed by atoms with E-state index in [9.17, 15) is 19.2 Å². The minimum atomic E-state index is -1.12. The van der Waals surface area contributed by atoms with Crippen LogP contribution < -0.4 is 11.1 Å². The van der Waals surface area contributed by atoms with E-state index in [1.165, 1.54) is 13.2 Å². The van der Waals surface area contributed by atoms with Gasteiger partial charge in [0.1, 0.15) is 0 Å². The molecule has 4 amide bonds. The molecule has 2 heterocycles. The molecular weight excluding hydrogens is 318 g/mol. The number of carbonyl (C=O) groups excluding carboxylic acids is 4. The molecule has 130 valence electrons. The number of likely N-dealkylation sites (tertiary alicyclic amines) is 1. The minimum absolute atomic E-state index is 0.221. The molecule has 9 nitrogen and oxygen atoms in total. The maximum atomic E-state index is 12.1. The third kappa shape index (κ3) is 4.34. The van der Waals surface area contributed by atoms with E-state index in [0.29, 0.717) is 25.9 Å². The summed E-state index contributed by atoms with van der Waals surface area (Å²) in [6.07, 6.45) is 1.16. The van der Waals surface area contributed by atoms with Crippen LogP contribution in [0.3, 0.4) is 0 Å². The normalized spacial score (nSPS) is 16.3. The summed E-state index contributed by atoms with van der Waals surface area (Å²) in [6.45, 7) is 2.13. The van der Waals surface area contributed by atoms with Crippen molar-refractivity contribution in [3.8, 4) is 0 Å². The summed E-state index contributed by atoms with van der Waals surface area (Å²) < 4.78 is 10.1. The summed E-state index contributed by atoms with van der Waals surface area (Å²) >= 11 is 0. The number of ether oxygens (including phenoxy) is 1. The van der Waals surface area contributed by atoms with Gasteiger partial charge in [0.25, 0.3) is 11.8 Å². The highest BCUT2D eigenvalue weighted by atomic mass is 16.5. The molecule has 1 saturated heterocycles. The summed E-state index contributed by atoms with van der Waals surface area (Å²) in [4.78, 5) is 47.9. The first kappa shape index (κ1) is 17.5. The standard InChI is InChI=1S/C15H19N3O6/c1-9(12(19)17-15(16)22)24-14(21)10-4-6-18(7-5-10)13(20)11-3-2-8-23-11/h2-3,8-10H,4-7H2,1H3,(H3,16,17,19,22). The van der Waals surface area contributed by atoms with Crippen LogP contribution in [0.25, 0.3) is 0 Å². The lowest BCUT2D eigenvalue weighted by Gasteiger charge is -2.30. The number of imide groups is 1. The van der Waals surface area contributed by atoms with Gasteiger partial charge >= 0.3 is 12.0 Å². The number of carbonyl (C=O) groups is 4. The number of urea groups is 1. The van der Waals surface area contributed by atoms with E-state index in [4.69, 9.17) is 14.9 Å². The number of rotatable bonds is 4. The summed E-state index contributed by atoms with van der Waals surface area (Å²) in [5.74, 6) is -1.68. The van der Waals surface area contributed by atoms with Crippen molar-refractivity contribution < 1.29 is 28.3 Å². The fourth-order valence-electron chi connectivity index (χ4n) is 2.42. The van der Waals surface area contributed by atoms with Crippen molar-refractivity contribution in [3.05, 3.63) is 24.2 Å². The van der Waals surface area contributed by atoms with Crippen molar-refractivity contribution in [1.29, 1.82) is 0 Å². The molecule has 0 bridgehead atoms. The summed E-state index contributed by atoms with van der Waals surface area (Å²) in [5, 5.41) is 1.85. The van der Waals surface area contributed by atoms with Crippen molar-refractivity contribution >= 4 is 23.8 Å². The molecule has 0 saturated carbocycles. The second-order valence-corrected chi connectivity index (χ2v) is 5.48. The molecule has 1 aliphatic rings. The second-order valence-electron chi connectivity index (χ2n) is 5.48. The van der Waals surface area contributed by atoms with Crippen LogP contribution >= 0.6 is 0 Å². The number of primary amides is 1. The number of furan rings is 1. The molecule has 3 N–H and O–H groups in total. The predicted octanol–water partition coefficient (Wildman–Crippen LogP) is 0.258. The van der Waals surface area contributed by atoms with E-state index < -0.39 is 29.9 Å². The summed E-state index contributed by atoms with van der Waals surface area (Å²) in [7, 11) is 0. The maximum absolute atomic E-state index is 12.1. The van der Waals surface area contributed by atoms with Crippen molar-refractivity contribution in [1.82, 2.24) is 10.2 Å². The van der Waals surface area contributed by atoms with Crippen LogP contribution in [0.2, 0.25) is 0 Å². The first-order chi connectivity index (χ1) is 11.4. The molecule has 0 radical (unpaired) electrons. The highest BCUT2D eigenvalue weighted by molar-refractivity contribution is 5.96. The molecule has 1 unspecified atom stereocenters. The molecule has 9 heteroatoms. The topological polar surface area (TPSA) is 132 Å². The Hall–Kier alpha value is -2.84. The number of nitrogens with two attached hydrogens (primary N) is 1. The van der Waals surface area contributed by atoms with E-state index in [-0.39, 0.29) is 11.7 Å².